The molecule has 1 fully saturated rings. The van der Waals surface area contributed by atoms with Gasteiger partial charge in [-0.15, -0.1) is 5.10 Å². The molecular weight excluding hydrogens is 371 g/mol. The van der Waals surface area contributed by atoms with Gasteiger partial charge in [0.25, 0.3) is 0 Å². The van der Waals surface area contributed by atoms with Crippen LogP contribution in [0.15, 0.2) is 66.9 Å². The van der Waals surface area contributed by atoms with Crippen LogP contribution in [0.25, 0.3) is 17.0 Å². The second kappa shape index (κ2) is 7.48. The van der Waals surface area contributed by atoms with Gasteiger partial charge in [-0.3, -0.25) is 0 Å². The number of nitrogens with one attached hydrogen (secondary N) is 2. The number of hydrogen-bond acceptors (Lipinski definition) is 6. The molecule has 0 saturated carbocycles. The molecular formula is C21H19FN6O. The minimum absolute atomic E-state index is 0.288. The molecule has 146 valence electrons. The van der Waals surface area contributed by atoms with Crippen molar-refractivity contribution in [2.45, 2.75) is 12.2 Å². The predicted molar refractivity (Wildman–Crippen MR) is 108 cm³/mol. The lowest BCUT2D eigenvalue weighted by atomic mass is 10.2. The van der Waals surface area contributed by atoms with Gasteiger partial charge in [0.15, 0.2) is 5.65 Å². The number of aromatic nitrogens is 4. The van der Waals surface area contributed by atoms with Gasteiger partial charge in [-0.1, -0.05) is 24.3 Å². The highest BCUT2D eigenvalue weighted by atomic mass is 19.1. The second-order valence-electron chi connectivity index (χ2n) is 6.83. The Morgan fingerprint density at radius 3 is 2.76 bits per heavy atom. The van der Waals surface area contributed by atoms with E-state index < -0.39 is 6.17 Å². The van der Waals surface area contributed by atoms with Gasteiger partial charge in [0.1, 0.15) is 23.4 Å². The van der Waals surface area contributed by atoms with Crippen LogP contribution in [0.5, 0.6) is 11.6 Å². The number of hydrogen-bond donors (Lipinski definition) is 2. The fraction of sp³-hybridized carbons (Fsp3) is 0.190. The molecule has 0 radical (unpaired) electrons. The number of nitrogens with zero attached hydrogens (tertiary/aromatic N) is 4. The minimum Gasteiger partial charge on any atom is -0.438 e. The number of alkyl halides is 1. The predicted octanol–water partition coefficient (Wildman–Crippen LogP) is 3.31. The maximum atomic E-state index is 13.9. The molecule has 1 aliphatic heterocycles. The standard InChI is InChI=1S/C21H19FN6O/c22-15-11-23-12-17(15)26-19-8-4-7-16(25-19)18-13-24-20-9-10-21(27-28(18)20)29-14-5-2-1-3-6-14/h1-10,13,15,17,23H,11-12H2,(H,25,26)/t15-,17-/m0/s1. The molecule has 29 heavy (non-hydrogen) atoms. The number of halogens is 1. The van der Waals surface area contributed by atoms with E-state index in [4.69, 9.17) is 4.74 Å². The van der Waals surface area contributed by atoms with Crippen LogP contribution in [-0.4, -0.2) is 44.9 Å². The summed E-state index contributed by atoms with van der Waals surface area (Å²) in [5.41, 5.74) is 2.10. The number of anilines is 1. The lowest BCUT2D eigenvalue weighted by Crippen LogP contribution is -2.29. The van der Waals surface area contributed by atoms with Crippen molar-refractivity contribution in [2.24, 2.45) is 0 Å². The van der Waals surface area contributed by atoms with Gasteiger partial charge in [0.05, 0.1) is 17.9 Å². The fourth-order valence-corrected chi connectivity index (χ4v) is 3.33. The summed E-state index contributed by atoms with van der Waals surface area (Å²) < 4.78 is 21.4. The first-order chi connectivity index (χ1) is 14.3. The number of pyridine rings is 1. The monoisotopic (exact) mass is 390 g/mol. The highest BCUT2D eigenvalue weighted by Gasteiger charge is 2.26. The SMILES string of the molecule is F[C@H]1CNC[C@@H]1Nc1cccc(-c2cnc3ccc(Oc4ccccc4)nn23)n1. The lowest BCUT2D eigenvalue weighted by molar-refractivity contribution is 0.342. The van der Waals surface area contributed by atoms with Gasteiger partial charge in [0.2, 0.25) is 5.88 Å². The van der Waals surface area contributed by atoms with E-state index in [2.05, 4.69) is 25.7 Å². The Balaban J connectivity index is 1.45. The molecule has 1 aliphatic rings. The molecule has 3 aromatic heterocycles. The lowest BCUT2D eigenvalue weighted by Gasteiger charge is -2.15. The van der Waals surface area contributed by atoms with Crippen molar-refractivity contribution in [3.8, 4) is 23.0 Å². The summed E-state index contributed by atoms with van der Waals surface area (Å²) in [7, 11) is 0. The molecule has 0 aliphatic carbocycles. The Labute approximate surface area is 166 Å². The highest BCUT2D eigenvalue weighted by Crippen LogP contribution is 2.24. The Bertz CT molecular complexity index is 1130. The Kier molecular flexibility index (Phi) is 4.53. The van der Waals surface area contributed by atoms with Crippen molar-refractivity contribution >= 4 is 11.5 Å². The smallest absolute Gasteiger partial charge is 0.237 e. The maximum absolute atomic E-state index is 13.9. The third-order valence-corrected chi connectivity index (χ3v) is 4.79. The van der Waals surface area contributed by atoms with Crippen molar-refractivity contribution in [3.63, 3.8) is 0 Å². The van der Waals surface area contributed by atoms with E-state index in [1.54, 1.807) is 16.8 Å². The van der Waals surface area contributed by atoms with Crippen LogP contribution in [0, 0.1) is 0 Å². The molecule has 0 spiro atoms. The van der Waals surface area contributed by atoms with Gasteiger partial charge in [0, 0.05) is 19.2 Å². The summed E-state index contributed by atoms with van der Waals surface area (Å²) in [5.74, 6) is 1.77. The van der Waals surface area contributed by atoms with E-state index in [1.165, 1.54) is 0 Å². The van der Waals surface area contributed by atoms with Crippen LogP contribution in [0.4, 0.5) is 10.2 Å². The Hall–Kier alpha value is -3.52. The van der Waals surface area contributed by atoms with Crippen molar-refractivity contribution in [1.82, 2.24) is 24.9 Å². The van der Waals surface area contributed by atoms with Crippen LogP contribution in [0.3, 0.4) is 0 Å². The average Bonchev–Trinajstić information content (AvgIpc) is 3.35. The number of rotatable bonds is 5. The third kappa shape index (κ3) is 3.62. The van der Waals surface area contributed by atoms with E-state index in [1.807, 2.05) is 54.6 Å². The van der Waals surface area contributed by atoms with Crippen molar-refractivity contribution in [3.05, 3.63) is 66.9 Å². The number of imidazole rings is 1. The third-order valence-electron chi connectivity index (χ3n) is 4.79. The molecule has 4 heterocycles. The summed E-state index contributed by atoms with van der Waals surface area (Å²) in [4.78, 5) is 9.03. The maximum Gasteiger partial charge on any atom is 0.237 e. The van der Waals surface area contributed by atoms with Crippen LogP contribution in [-0.2, 0) is 0 Å². The van der Waals surface area contributed by atoms with E-state index in [9.17, 15) is 4.39 Å². The minimum atomic E-state index is -0.935. The molecule has 5 rings (SSSR count). The number of para-hydroxylation sites is 1. The van der Waals surface area contributed by atoms with E-state index in [-0.39, 0.29) is 6.04 Å². The van der Waals surface area contributed by atoms with Crippen LogP contribution >= 0.6 is 0 Å². The van der Waals surface area contributed by atoms with Gasteiger partial charge >= 0.3 is 0 Å². The van der Waals surface area contributed by atoms with E-state index in [0.717, 1.165) is 5.69 Å². The van der Waals surface area contributed by atoms with Crippen LogP contribution in [0.2, 0.25) is 0 Å². The first-order valence-electron chi connectivity index (χ1n) is 9.43. The number of ether oxygens (including phenoxy) is 1. The van der Waals surface area contributed by atoms with Crippen LogP contribution in [0.1, 0.15) is 0 Å². The van der Waals surface area contributed by atoms with E-state index in [0.29, 0.717) is 41.9 Å². The number of benzene rings is 1. The second-order valence-corrected chi connectivity index (χ2v) is 6.83. The molecule has 1 aromatic carbocycles. The zero-order chi connectivity index (χ0) is 19.6. The summed E-state index contributed by atoms with van der Waals surface area (Å²) in [5, 5.41) is 10.7. The largest absolute Gasteiger partial charge is 0.438 e. The van der Waals surface area contributed by atoms with Crippen molar-refractivity contribution in [2.75, 3.05) is 18.4 Å². The summed E-state index contributed by atoms with van der Waals surface area (Å²) >= 11 is 0. The van der Waals surface area contributed by atoms with Gasteiger partial charge in [-0.05, 0) is 30.3 Å². The molecule has 4 aromatic rings. The van der Waals surface area contributed by atoms with Crippen molar-refractivity contribution < 1.29 is 9.13 Å². The molecule has 7 nitrogen and oxygen atoms in total. The fourth-order valence-electron chi connectivity index (χ4n) is 3.33. The Morgan fingerprint density at radius 1 is 1.03 bits per heavy atom. The zero-order valence-electron chi connectivity index (χ0n) is 15.5. The first kappa shape index (κ1) is 17.6. The first-order valence-corrected chi connectivity index (χ1v) is 9.43. The molecule has 2 N–H and O–H groups in total. The van der Waals surface area contributed by atoms with Crippen LogP contribution < -0.4 is 15.4 Å². The molecule has 0 unspecified atom stereocenters. The molecule has 2 atom stereocenters. The molecule has 8 heteroatoms. The van der Waals surface area contributed by atoms with Crippen molar-refractivity contribution in [1.29, 1.82) is 0 Å². The summed E-state index contributed by atoms with van der Waals surface area (Å²) in [6.07, 6.45) is 0.783. The van der Waals surface area contributed by atoms with Gasteiger partial charge < -0.3 is 15.4 Å². The van der Waals surface area contributed by atoms with Gasteiger partial charge in [-0.2, -0.15) is 0 Å². The highest BCUT2D eigenvalue weighted by molar-refractivity contribution is 5.61. The molecule has 1 saturated heterocycles. The van der Waals surface area contributed by atoms with Gasteiger partial charge in [-0.25, -0.2) is 18.9 Å². The topological polar surface area (TPSA) is 76.4 Å². The molecule has 0 amide bonds. The summed E-state index contributed by atoms with van der Waals surface area (Å²) in [6.45, 7) is 0.934. The zero-order valence-corrected chi connectivity index (χ0v) is 15.5. The van der Waals surface area contributed by atoms with E-state index >= 15 is 0 Å². The number of fused-ring (bicyclic) bond motifs is 1. The Morgan fingerprint density at radius 2 is 1.93 bits per heavy atom. The molecule has 0 bridgehead atoms. The quantitative estimate of drug-likeness (QED) is 0.545. The average molecular weight is 390 g/mol. The normalized spacial score (nSPS) is 18.8. The summed E-state index contributed by atoms with van der Waals surface area (Å²) in [6, 6.07) is 18.4.